The van der Waals surface area contributed by atoms with Crippen molar-refractivity contribution in [2.24, 2.45) is 5.41 Å². The van der Waals surface area contributed by atoms with Crippen molar-refractivity contribution in [3.8, 4) is 0 Å². The topological polar surface area (TPSA) is 79.6 Å². The molecule has 7 heteroatoms. The van der Waals surface area contributed by atoms with Gasteiger partial charge < -0.3 is 24.8 Å². The zero-order chi connectivity index (χ0) is 18.4. The van der Waals surface area contributed by atoms with E-state index in [1.165, 1.54) is 0 Å². The normalized spacial score (nSPS) is 26.3. The third-order valence-electron chi connectivity index (χ3n) is 5.46. The van der Waals surface area contributed by atoms with Gasteiger partial charge in [0.05, 0.1) is 17.7 Å². The average Bonchev–Trinajstić information content (AvgIpc) is 3.30. The fraction of sp³-hybridized carbons (Fsp3) is 0.789. The molecule has 2 saturated heterocycles. The highest BCUT2D eigenvalue weighted by atomic mass is 16.5. The van der Waals surface area contributed by atoms with Crippen molar-refractivity contribution in [2.45, 2.75) is 38.0 Å². The zero-order valence-corrected chi connectivity index (χ0v) is 16.1. The average molecular weight is 364 g/mol. The van der Waals surface area contributed by atoms with E-state index in [0.29, 0.717) is 32.0 Å². The standard InChI is InChI=1S/C19H32N4O3/c1-23(2)9-4-8-21-18(24)19(6-3-7-20-14-19)12-16-11-17(22-26-16)15-5-10-25-13-15/h11,15,20H,3-10,12-14H2,1-2H3,(H,21,24)/t15-,19-/m0/s1. The minimum Gasteiger partial charge on any atom is -0.381 e. The highest BCUT2D eigenvalue weighted by Gasteiger charge is 2.40. The van der Waals surface area contributed by atoms with Gasteiger partial charge in [0, 0.05) is 38.1 Å². The van der Waals surface area contributed by atoms with Crippen LogP contribution < -0.4 is 10.6 Å². The summed E-state index contributed by atoms with van der Waals surface area (Å²) < 4.78 is 11.0. The van der Waals surface area contributed by atoms with E-state index >= 15 is 0 Å². The Morgan fingerprint density at radius 3 is 3.08 bits per heavy atom. The van der Waals surface area contributed by atoms with Gasteiger partial charge in [0.25, 0.3) is 0 Å². The molecule has 1 aromatic rings. The number of aromatic nitrogens is 1. The minimum atomic E-state index is -0.445. The second-order valence-electron chi connectivity index (χ2n) is 7.93. The van der Waals surface area contributed by atoms with E-state index in [-0.39, 0.29) is 5.91 Å². The molecule has 3 heterocycles. The second kappa shape index (κ2) is 8.97. The number of amides is 1. The van der Waals surface area contributed by atoms with Crippen molar-refractivity contribution in [3.63, 3.8) is 0 Å². The van der Waals surface area contributed by atoms with Crippen LogP contribution in [0.15, 0.2) is 10.6 Å². The molecule has 26 heavy (non-hydrogen) atoms. The lowest BCUT2D eigenvalue weighted by Crippen LogP contribution is -2.52. The third-order valence-corrected chi connectivity index (χ3v) is 5.46. The summed E-state index contributed by atoms with van der Waals surface area (Å²) >= 11 is 0. The van der Waals surface area contributed by atoms with Crippen molar-refractivity contribution >= 4 is 5.91 Å². The number of hydrogen-bond donors (Lipinski definition) is 2. The summed E-state index contributed by atoms with van der Waals surface area (Å²) in [5.41, 5.74) is 0.516. The lowest BCUT2D eigenvalue weighted by molar-refractivity contribution is -0.132. The van der Waals surface area contributed by atoms with Crippen LogP contribution in [0.2, 0.25) is 0 Å². The first-order valence-corrected chi connectivity index (χ1v) is 9.76. The number of rotatable bonds is 8. The Balaban J connectivity index is 1.62. The van der Waals surface area contributed by atoms with Gasteiger partial charge in [-0.15, -0.1) is 0 Å². The molecule has 1 aromatic heterocycles. The van der Waals surface area contributed by atoms with Crippen molar-refractivity contribution < 1.29 is 14.1 Å². The molecule has 2 N–H and O–H groups in total. The fourth-order valence-corrected chi connectivity index (χ4v) is 3.88. The van der Waals surface area contributed by atoms with Crippen LogP contribution in [0.25, 0.3) is 0 Å². The molecule has 1 amide bonds. The highest BCUT2D eigenvalue weighted by molar-refractivity contribution is 5.83. The van der Waals surface area contributed by atoms with Crippen molar-refractivity contribution in [1.29, 1.82) is 0 Å². The molecule has 2 aliphatic rings. The molecule has 0 bridgehead atoms. The van der Waals surface area contributed by atoms with E-state index < -0.39 is 5.41 Å². The summed E-state index contributed by atoms with van der Waals surface area (Å²) in [5, 5.41) is 10.8. The first-order chi connectivity index (χ1) is 12.6. The molecule has 2 aliphatic heterocycles. The van der Waals surface area contributed by atoms with E-state index in [9.17, 15) is 4.79 Å². The maximum atomic E-state index is 13.0. The van der Waals surface area contributed by atoms with Gasteiger partial charge in [-0.25, -0.2) is 0 Å². The van der Waals surface area contributed by atoms with Gasteiger partial charge in [-0.2, -0.15) is 0 Å². The van der Waals surface area contributed by atoms with Crippen LogP contribution in [-0.4, -0.2) is 69.5 Å². The Labute approximate surface area is 155 Å². The van der Waals surface area contributed by atoms with Crippen LogP contribution in [0, 0.1) is 5.41 Å². The Morgan fingerprint density at radius 2 is 2.38 bits per heavy atom. The molecule has 0 unspecified atom stereocenters. The van der Waals surface area contributed by atoms with Gasteiger partial charge in [0.2, 0.25) is 5.91 Å². The Bertz CT molecular complexity index is 575. The number of nitrogens with zero attached hydrogens (tertiary/aromatic N) is 2. The monoisotopic (exact) mass is 364 g/mol. The summed E-state index contributed by atoms with van der Waals surface area (Å²) in [6.45, 7) is 4.84. The van der Waals surface area contributed by atoms with E-state index in [1.807, 2.05) is 20.2 Å². The van der Waals surface area contributed by atoms with E-state index in [1.54, 1.807) is 0 Å². The Kier molecular flexibility index (Phi) is 6.67. The van der Waals surface area contributed by atoms with Crippen LogP contribution in [0.1, 0.15) is 43.1 Å². The number of carbonyl (C=O) groups excluding carboxylic acids is 1. The maximum absolute atomic E-state index is 13.0. The molecular formula is C19H32N4O3. The van der Waals surface area contributed by atoms with Crippen molar-refractivity contribution in [1.82, 2.24) is 20.7 Å². The van der Waals surface area contributed by atoms with Crippen molar-refractivity contribution in [3.05, 3.63) is 17.5 Å². The highest BCUT2D eigenvalue weighted by Crippen LogP contribution is 2.33. The van der Waals surface area contributed by atoms with E-state index in [4.69, 9.17) is 9.26 Å². The summed E-state index contributed by atoms with van der Waals surface area (Å²) in [6, 6.07) is 2.02. The van der Waals surface area contributed by atoms with Gasteiger partial charge in [0.15, 0.2) is 0 Å². The Morgan fingerprint density at radius 1 is 1.50 bits per heavy atom. The second-order valence-corrected chi connectivity index (χ2v) is 7.93. The van der Waals surface area contributed by atoms with Crippen LogP contribution in [0.4, 0.5) is 0 Å². The molecule has 0 spiro atoms. The summed E-state index contributed by atoms with van der Waals surface area (Å²) in [4.78, 5) is 15.1. The van der Waals surface area contributed by atoms with Crippen LogP contribution in [0.5, 0.6) is 0 Å². The lowest BCUT2D eigenvalue weighted by Gasteiger charge is -2.35. The molecule has 0 saturated carbocycles. The first kappa shape index (κ1) is 19.3. The molecule has 146 valence electrons. The number of hydrogen-bond acceptors (Lipinski definition) is 6. The van der Waals surface area contributed by atoms with Gasteiger partial charge in [-0.05, 0) is 52.9 Å². The van der Waals surface area contributed by atoms with E-state index in [2.05, 4.69) is 20.7 Å². The summed E-state index contributed by atoms with van der Waals surface area (Å²) in [6.07, 6.45) is 4.42. The van der Waals surface area contributed by atoms with E-state index in [0.717, 1.165) is 56.8 Å². The number of carbonyl (C=O) groups is 1. The quantitative estimate of drug-likeness (QED) is 0.674. The number of ether oxygens (including phenoxy) is 1. The molecule has 3 rings (SSSR count). The Hall–Kier alpha value is -1.44. The number of nitrogens with one attached hydrogen (secondary N) is 2. The largest absolute Gasteiger partial charge is 0.381 e. The third kappa shape index (κ3) is 4.84. The first-order valence-electron chi connectivity index (χ1n) is 9.76. The molecule has 0 aromatic carbocycles. The van der Waals surface area contributed by atoms with Gasteiger partial charge in [0.1, 0.15) is 5.76 Å². The van der Waals surface area contributed by atoms with Crippen LogP contribution in [0.3, 0.4) is 0 Å². The summed E-state index contributed by atoms with van der Waals surface area (Å²) in [5.74, 6) is 1.26. The van der Waals surface area contributed by atoms with Crippen molar-refractivity contribution in [2.75, 3.05) is 53.5 Å². The predicted molar refractivity (Wildman–Crippen MR) is 99.1 cm³/mol. The van der Waals surface area contributed by atoms with Crippen LogP contribution >= 0.6 is 0 Å². The molecule has 2 atom stereocenters. The summed E-state index contributed by atoms with van der Waals surface area (Å²) in [7, 11) is 4.09. The predicted octanol–water partition coefficient (Wildman–Crippen LogP) is 1.16. The minimum absolute atomic E-state index is 0.130. The smallest absolute Gasteiger partial charge is 0.227 e. The molecular weight excluding hydrogens is 332 g/mol. The molecule has 0 aliphatic carbocycles. The zero-order valence-electron chi connectivity index (χ0n) is 16.1. The maximum Gasteiger partial charge on any atom is 0.227 e. The molecule has 0 radical (unpaired) electrons. The van der Waals surface area contributed by atoms with Gasteiger partial charge in [-0.3, -0.25) is 4.79 Å². The van der Waals surface area contributed by atoms with Gasteiger partial charge >= 0.3 is 0 Å². The molecule has 2 fully saturated rings. The molecule has 7 nitrogen and oxygen atoms in total. The number of piperidine rings is 1. The SMILES string of the molecule is CN(C)CCCNC(=O)[C@]1(Cc2cc([C@H]3CCOC3)no2)CCCNC1. The van der Waals surface area contributed by atoms with Gasteiger partial charge in [-0.1, -0.05) is 5.16 Å². The fourth-order valence-electron chi connectivity index (χ4n) is 3.88. The lowest BCUT2D eigenvalue weighted by atomic mass is 9.76. The van der Waals surface area contributed by atoms with Crippen LogP contribution in [-0.2, 0) is 16.0 Å².